The van der Waals surface area contributed by atoms with Gasteiger partial charge in [-0.25, -0.2) is 9.78 Å². The Hall–Kier alpha value is -3.52. The molecule has 1 aliphatic heterocycles. The first-order valence-corrected chi connectivity index (χ1v) is 14.5. The fraction of sp³-hybridized carbons (Fsp3) is 0.312. The van der Waals surface area contributed by atoms with Crippen LogP contribution in [-0.2, 0) is 4.74 Å². The molecule has 3 aromatic carbocycles. The van der Waals surface area contributed by atoms with Gasteiger partial charge in [-0.05, 0) is 36.6 Å². The molecule has 0 aliphatic carbocycles. The number of carbonyl (C=O) groups excluding carboxylic acids is 1. The standard InChI is InChI=1S/C32H36N4O2S/c1-25-24-39-31(33-25)28-13-8-14-29(23-28)34-32(37)36(18-17-35-19-21-38-22-20-35)16-15-30(26-9-4-2-5-10-26)27-11-6-3-7-12-27/h2-14,23-24,30H,15-22H2,1H3,(H,34,37). The second-order valence-corrected chi connectivity index (χ2v) is 10.8. The zero-order valence-corrected chi connectivity index (χ0v) is 23.3. The third kappa shape index (κ3) is 7.53. The van der Waals surface area contributed by atoms with Gasteiger partial charge in [0.05, 0.1) is 13.2 Å². The second-order valence-electron chi connectivity index (χ2n) is 9.91. The minimum atomic E-state index is -0.0735. The normalized spacial score (nSPS) is 13.9. The molecule has 7 heteroatoms. The number of nitrogens with zero attached hydrogens (tertiary/aromatic N) is 3. The van der Waals surface area contributed by atoms with Crippen molar-refractivity contribution < 1.29 is 9.53 Å². The van der Waals surface area contributed by atoms with Crippen molar-refractivity contribution in [2.45, 2.75) is 19.3 Å². The molecular weight excluding hydrogens is 504 g/mol. The molecule has 0 radical (unpaired) electrons. The molecule has 5 rings (SSSR count). The molecule has 0 spiro atoms. The van der Waals surface area contributed by atoms with Crippen molar-refractivity contribution in [3.63, 3.8) is 0 Å². The maximum atomic E-state index is 13.7. The summed E-state index contributed by atoms with van der Waals surface area (Å²) in [6.45, 7) is 7.44. The smallest absolute Gasteiger partial charge is 0.321 e. The lowest BCUT2D eigenvalue weighted by atomic mass is 9.88. The summed E-state index contributed by atoms with van der Waals surface area (Å²) in [6, 6.07) is 29.1. The van der Waals surface area contributed by atoms with Crippen molar-refractivity contribution in [3.8, 4) is 10.6 Å². The zero-order valence-electron chi connectivity index (χ0n) is 22.5. The third-order valence-electron chi connectivity index (χ3n) is 7.15. The number of urea groups is 1. The molecule has 0 bridgehead atoms. The van der Waals surface area contributed by atoms with Gasteiger partial charge >= 0.3 is 6.03 Å². The molecule has 0 saturated carbocycles. The first-order chi connectivity index (χ1) is 19.2. The van der Waals surface area contributed by atoms with Crippen molar-refractivity contribution in [1.29, 1.82) is 0 Å². The number of carbonyl (C=O) groups is 1. The van der Waals surface area contributed by atoms with E-state index in [1.807, 2.05) is 41.5 Å². The van der Waals surface area contributed by atoms with Crippen molar-refractivity contribution >= 4 is 23.1 Å². The van der Waals surface area contributed by atoms with Gasteiger partial charge in [-0.1, -0.05) is 72.8 Å². The predicted octanol–water partition coefficient (Wildman–Crippen LogP) is 6.51. The summed E-state index contributed by atoms with van der Waals surface area (Å²) in [7, 11) is 0. The van der Waals surface area contributed by atoms with E-state index in [2.05, 4.69) is 75.9 Å². The van der Waals surface area contributed by atoms with Crippen LogP contribution in [0.5, 0.6) is 0 Å². The molecule has 4 aromatic rings. The first-order valence-electron chi connectivity index (χ1n) is 13.6. The van der Waals surface area contributed by atoms with E-state index in [-0.39, 0.29) is 11.9 Å². The van der Waals surface area contributed by atoms with E-state index in [1.54, 1.807) is 11.3 Å². The van der Waals surface area contributed by atoms with Gasteiger partial charge in [0.1, 0.15) is 5.01 Å². The second kappa shape index (κ2) is 13.5. The fourth-order valence-corrected chi connectivity index (χ4v) is 5.80. The Morgan fingerprint density at radius 1 is 0.974 bits per heavy atom. The molecule has 6 nitrogen and oxygen atoms in total. The van der Waals surface area contributed by atoms with Crippen molar-refractivity contribution in [1.82, 2.24) is 14.8 Å². The maximum absolute atomic E-state index is 13.7. The number of ether oxygens (including phenoxy) is 1. The van der Waals surface area contributed by atoms with Crippen LogP contribution in [0.4, 0.5) is 10.5 Å². The van der Waals surface area contributed by atoms with Gasteiger partial charge in [0.2, 0.25) is 0 Å². The highest BCUT2D eigenvalue weighted by Crippen LogP contribution is 2.29. The van der Waals surface area contributed by atoms with Crippen LogP contribution in [0.1, 0.15) is 29.2 Å². The van der Waals surface area contributed by atoms with Gasteiger partial charge in [0.15, 0.2) is 0 Å². The van der Waals surface area contributed by atoms with Gasteiger partial charge in [0.25, 0.3) is 0 Å². The number of morpholine rings is 1. The summed E-state index contributed by atoms with van der Waals surface area (Å²) in [5.41, 5.74) is 5.33. The summed E-state index contributed by atoms with van der Waals surface area (Å²) < 4.78 is 5.52. The number of thiazole rings is 1. The Kier molecular flexibility index (Phi) is 9.38. The summed E-state index contributed by atoms with van der Waals surface area (Å²) in [6.07, 6.45) is 0.836. The summed E-state index contributed by atoms with van der Waals surface area (Å²) in [5.74, 6) is 0.211. The predicted molar refractivity (Wildman–Crippen MR) is 159 cm³/mol. The molecule has 2 heterocycles. The molecule has 1 aliphatic rings. The average molecular weight is 541 g/mol. The lowest BCUT2D eigenvalue weighted by molar-refractivity contribution is 0.0351. The fourth-order valence-electron chi connectivity index (χ4n) is 5.00. The Morgan fingerprint density at radius 2 is 1.67 bits per heavy atom. The number of amides is 2. The van der Waals surface area contributed by atoms with Crippen LogP contribution < -0.4 is 5.32 Å². The number of rotatable bonds is 10. The van der Waals surface area contributed by atoms with Crippen molar-refractivity contribution in [3.05, 3.63) is 107 Å². The van der Waals surface area contributed by atoms with Gasteiger partial charge in [-0.2, -0.15) is 0 Å². The molecule has 1 N–H and O–H groups in total. The molecular formula is C32H36N4O2S. The molecule has 0 atom stereocenters. The van der Waals surface area contributed by atoms with Crippen LogP contribution in [-0.4, -0.2) is 66.8 Å². The quantitative estimate of drug-likeness (QED) is 0.249. The minimum Gasteiger partial charge on any atom is -0.379 e. The number of hydrogen-bond acceptors (Lipinski definition) is 5. The van der Waals surface area contributed by atoms with E-state index < -0.39 is 0 Å². The highest BCUT2D eigenvalue weighted by atomic mass is 32.1. The molecule has 39 heavy (non-hydrogen) atoms. The van der Waals surface area contributed by atoms with Gasteiger partial charge in [-0.3, -0.25) is 4.90 Å². The molecule has 1 fully saturated rings. The molecule has 202 valence electrons. The Balaban J connectivity index is 1.32. The zero-order chi connectivity index (χ0) is 26.9. The van der Waals surface area contributed by atoms with E-state index >= 15 is 0 Å². The van der Waals surface area contributed by atoms with Crippen LogP contribution in [0.2, 0.25) is 0 Å². The van der Waals surface area contributed by atoms with Gasteiger partial charge in [0, 0.05) is 61.0 Å². The van der Waals surface area contributed by atoms with Crippen LogP contribution in [0.3, 0.4) is 0 Å². The number of anilines is 1. The summed E-state index contributed by atoms with van der Waals surface area (Å²) in [4.78, 5) is 22.6. The maximum Gasteiger partial charge on any atom is 0.321 e. The highest BCUT2D eigenvalue weighted by molar-refractivity contribution is 7.13. The lowest BCUT2D eigenvalue weighted by Crippen LogP contribution is -2.44. The molecule has 1 saturated heterocycles. The third-order valence-corrected chi connectivity index (χ3v) is 8.16. The van der Waals surface area contributed by atoms with E-state index in [4.69, 9.17) is 4.74 Å². The van der Waals surface area contributed by atoms with Crippen molar-refractivity contribution in [2.75, 3.05) is 51.3 Å². The number of aryl methyl sites for hydroxylation is 1. The number of hydrogen-bond donors (Lipinski definition) is 1. The van der Waals surface area contributed by atoms with E-state index in [9.17, 15) is 4.79 Å². The monoisotopic (exact) mass is 540 g/mol. The molecule has 0 unspecified atom stereocenters. The minimum absolute atomic E-state index is 0.0735. The average Bonchev–Trinajstić information content (AvgIpc) is 3.43. The van der Waals surface area contributed by atoms with Crippen LogP contribution in [0, 0.1) is 6.92 Å². The Bertz CT molecular complexity index is 1280. The van der Waals surface area contributed by atoms with Crippen LogP contribution >= 0.6 is 11.3 Å². The van der Waals surface area contributed by atoms with Gasteiger partial charge in [-0.15, -0.1) is 11.3 Å². The number of benzene rings is 3. The number of nitrogens with one attached hydrogen (secondary N) is 1. The van der Waals surface area contributed by atoms with Crippen LogP contribution in [0.15, 0.2) is 90.3 Å². The summed E-state index contributed by atoms with van der Waals surface area (Å²) >= 11 is 1.62. The van der Waals surface area contributed by atoms with Gasteiger partial charge < -0.3 is 15.0 Å². The largest absolute Gasteiger partial charge is 0.379 e. The van der Waals surface area contributed by atoms with E-state index in [1.165, 1.54) is 11.1 Å². The molecule has 2 amide bonds. The van der Waals surface area contributed by atoms with Crippen molar-refractivity contribution in [2.24, 2.45) is 0 Å². The highest BCUT2D eigenvalue weighted by Gasteiger charge is 2.21. The summed E-state index contributed by atoms with van der Waals surface area (Å²) in [5, 5.41) is 6.18. The number of aromatic nitrogens is 1. The van der Waals surface area contributed by atoms with E-state index in [0.717, 1.165) is 61.2 Å². The Labute approximate surface area is 235 Å². The molecule has 1 aromatic heterocycles. The Morgan fingerprint density at radius 3 is 2.31 bits per heavy atom. The first kappa shape index (κ1) is 27.1. The topological polar surface area (TPSA) is 57.7 Å². The SMILES string of the molecule is Cc1csc(-c2cccc(NC(=O)N(CCC(c3ccccc3)c3ccccc3)CCN3CCOCC3)c2)n1. The van der Waals surface area contributed by atoms with E-state index in [0.29, 0.717) is 13.1 Å². The van der Waals surface area contributed by atoms with Crippen LogP contribution in [0.25, 0.3) is 10.6 Å². The lowest BCUT2D eigenvalue weighted by Gasteiger charge is -2.31.